The molecule has 5 nitrogen and oxygen atoms in total. The molecule has 2 aromatic heterocycles. The third-order valence-electron chi connectivity index (χ3n) is 3.06. The van der Waals surface area contributed by atoms with Crippen LogP contribution in [-0.4, -0.2) is 18.0 Å². The fourth-order valence-electron chi connectivity index (χ4n) is 1.97. The molecule has 0 unspecified atom stereocenters. The number of nitrogen functional groups attached to an aromatic ring is 1. The molecule has 0 radical (unpaired) electrons. The van der Waals surface area contributed by atoms with E-state index in [0.29, 0.717) is 17.1 Å². The first-order valence-electron chi connectivity index (χ1n) is 6.20. The summed E-state index contributed by atoms with van der Waals surface area (Å²) in [5.74, 6) is 0.568. The number of carbonyl (C=O) groups excluding carboxylic acids is 1. The molecule has 1 amide bonds. The maximum absolute atomic E-state index is 12.2. The number of nitrogens with zero attached hydrogens (tertiary/aromatic N) is 1. The van der Waals surface area contributed by atoms with Crippen LogP contribution in [0.15, 0.2) is 29.1 Å². The predicted octanol–water partition coefficient (Wildman–Crippen LogP) is 2.88. The zero-order chi connectivity index (χ0) is 14.8. The number of hydrogen-bond donors (Lipinski definition) is 2. The lowest BCUT2D eigenvalue weighted by Gasteiger charge is -2.02. The van der Waals surface area contributed by atoms with Crippen LogP contribution < -0.4 is 15.8 Å². The summed E-state index contributed by atoms with van der Waals surface area (Å²) in [5.41, 5.74) is 9.16. The molecule has 0 aliphatic rings. The molecule has 0 saturated carbocycles. The summed E-state index contributed by atoms with van der Waals surface area (Å²) in [5, 5.41) is 5.61. The maximum Gasteiger partial charge on any atom is 0.263 e. The summed E-state index contributed by atoms with van der Waals surface area (Å²) >= 11 is 2.86. The van der Waals surface area contributed by atoms with Gasteiger partial charge in [0.25, 0.3) is 5.91 Å². The van der Waals surface area contributed by atoms with E-state index in [0.717, 1.165) is 21.5 Å². The van der Waals surface area contributed by atoms with Gasteiger partial charge in [-0.15, -0.1) is 22.7 Å². The summed E-state index contributed by atoms with van der Waals surface area (Å²) < 4.78 is 6.12. The minimum absolute atomic E-state index is 0.180. The second kappa shape index (κ2) is 5.71. The van der Waals surface area contributed by atoms with Crippen molar-refractivity contribution < 1.29 is 9.53 Å². The van der Waals surface area contributed by atoms with Gasteiger partial charge in [-0.25, -0.2) is 4.98 Å². The van der Waals surface area contributed by atoms with E-state index >= 15 is 0 Å². The van der Waals surface area contributed by atoms with Gasteiger partial charge in [-0.05, 0) is 18.2 Å². The Morgan fingerprint density at radius 2 is 2.33 bits per heavy atom. The predicted molar refractivity (Wildman–Crippen MR) is 86.1 cm³/mol. The Morgan fingerprint density at radius 3 is 3.05 bits per heavy atom. The topological polar surface area (TPSA) is 77.2 Å². The quantitative estimate of drug-likeness (QED) is 0.775. The second-order valence-electron chi connectivity index (χ2n) is 4.37. The van der Waals surface area contributed by atoms with Crippen molar-refractivity contribution in [2.45, 2.75) is 6.54 Å². The van der Waals surface area contributed by atoms with E-state index in [2.05, 4.69) is 10.3 Å². The van der Waals surface area contributed by atoms with E-state index in [1.54, 1.807) is 12.6 Å². The number of hydrogen-bond acceptors (Lipinski definition) is 6. The van der Waals surface area contributed by atoms with E-state index in [9.17, 15) is 4.79 Å². The van der Waals surface area contributed by atoms with Gasteiger partial charge in [0.15, 0.2) is 0 Å². The third kappa shape index (κ3) is 2.70. The number of nitrogens with two attached hydrogens (primary N) is 1. The fraction of sp³-hybridized carbons (Fsp3) is 0.143. The summed E-state index contributed by atoms with van der Waals surface area (Å²) in [7, 11) is 1.61. The number of fused-ring (bicyclic) bond motifs is 1. The lowest BCUT2D eigenvalue weighted by atomic mass is 10.2. The monoisotopic (exact) mass is 319 g/mol. The Labute approximate surface area is 129 Å². The molecule has 0 saturated heterocycles. The van der Waals surface area contributed by atoms with Gasteiger partial charge >= 0.3 is 0 Å². The van der Waals surface area contributed by atoms with Gasteiger partial charge in [-0.2, -0.15) is 0 Å². The standard InChI is InChI=1S/C14H13N3O2S2/c1-19-9-2-3-10-11(4-9)21-13(12(10)15)14(18)16-5-8-6-20-7-17-8/h2-4,6-7H,5,15H2,1H3,(H,16,18). The van der Waals surface area contributed by atoms with Crippen LogP contribution in [0.3, 0.4) is 0 Å². The Balaban J connectivity index is 1.85. The molecule has 7 heteroatoms. The van der Waals surface area contributed by atoms with Crippen LogP contribution in [0.4, 0.5) is 5.69 Å². The number of rotatable bonds is 4. The van der Waals surface area contributed by atoms with Crippen LogP contribution in [0.2, 0.25) is 0 Å². The Bertz CT molecular complexity index is 781. The van der Waals surface area contributed by atoms with Gasteiger partial charge in [0.1, 0.15) is 10.6 Å². The highest BCUT2D eigenvalue weighted by molar-refractivity contribution is 7.21. The van der Waals surface area contributed by atoms with Crippen LogP contribution in [0, 0.1) is 0 Å². The molecule has 0 fully saturated rings. The van der Waals surface area contributed by atoms with Crippen molar-refractivity contribution in [3.05, 3.63) is 39.7 Å². The normalized spacial score (nSPS) is 10.7. The first-order chi connectivity index (χ1) is 10.2. The number of carbonyl (C=O) groups is 1. The number of ether oxygens (including phenoxy) is 1. The number of amides is 1. The van der Waals surface area contributed by atoms with Crippen LogP contribution in [0.1, 0.15) is 15.4 Å². The van der Waals surface area contributed by atoms with Crippen LogP contribution in [0.25, 0.3) is 10.1 Å². The SMILES string of the molecule is COc1ccc2c(N)c(C(=O)NCc3cscn3)sc2c1. The highest BCUT2D eigenvalue weighted by Crippen LogP contribution is 2.35. The highest BCUT2D eigenvalue weighted by Gasteiger charge is 2.16. The van der Waals surface area contributed by atoms with Crippen molar-refractivity contribution in [1.29, 1.82) is 0 Å². The minimum Gasteiger partial charge on any atom is -0.497 e. The molecule has 0 aliphatic carbocycles. The molecule has 3 aromatic rings. The van der Waals surface area contributed by atoms with Gasteiger partial charge in [0.2, 0.25) is 0 Å². The Hall–Kier alpha value is -2.12. The van der Waals surface area contributed by atoms with E-state index < -0.39 is 0 Å². The molecule has 108 valence electrons. The van der Waals surface area contributed by atoms with Crippen molar-refractivity contribution in [2.24, 2.45) is 0 Å². The highest BCUT2D eigenvalue weighted by atomic mass is 32.1. The molecule has 0 spiro atoms. The van der Waals surface area contributed by atoms with E-state index in [1.807, 2.05) is 23.6 Å². The van der Waals surface area contributed by atoms with Gasteiger partial charge in [-0.3, -0.25) is 4.79 Å². The lowest BCUT2D eigenvalue weighted by Crippen LogP contribution is -2.22. The van der Waals surface area contributed by atoms with Crippen molar-refractivity contribution in [2.75, 3.05) is 12.8 Å². The number of anilines is 1. The van der Waals surface area contributed by atoms with Crippen LogP contribution in [-0.2, 0) is 6.54 Å². The average Bonchev–Trinajstić information content (AvgIpc) is 3.12. The van der Waals surface area contributed by atoms with Gasteiger partial charge < -0.3 is 15.8 Å². The smallest absolute Gasteiger partial charge is 0.263 e. The summed E-state index contributed by atoms with van der Waals surface area (Å²) in [6.07, 6.45) is 0. The molecule has 21 heavy (non-hydrogen) atoms. The van der Waals surface area contributed by atoms with E-state index in [-0.39, 0.29) is 5.91 Å². The molecule has 3 N–H and O–H groups in total. The van der Waals surface area contributed by atoms with E-state index in [1.165, 1.54) is 22.7 Å². The Kier molecular flexibility index (Phi) is 3.76. The van der Waals surface area contributed by atoms with Gasteiger partial charge in [-0.1, -0.05) is 0 Å². The van der Waals surface area contributed by atoms with Gasteiger partial charge in [0, 0.05) is 15.5 Å². The van der Waals surface area contributed by atoms with Gasteiger partial charge in [0.05, 0.1) is 30.5 Å². The van der Waals surface area contributed by atoms with Crippen molar-refractivity contribution in [3.8, 4) is 5.75 Å². The molecule has 0 aliphatic heterocycles. The molecule has 1 aromatic carbocycles. The van der Waals surface area contributed by atoms with Crippen LogP contribution >= 0.6 is 22.7 Å². The second-order valence-corrected chi connectivity index (χ2v) is 6.14. The molecule has 0 bridgehead atoms. The molecule has 0 atom stereocenters. The largest absolute Gasteiger partial charge is 0.497 e. The molecule has 2 heterocycles. The number of thiazole rings is 1. The number of thiophene rings is 1. The zero-order valence-corrected chi connectivity index (χ0v) is 12.9. The first kappa shape index (κ1) is 13.8. The lowest BCUT2D eigenvalue weighted by molar-refractivity contribution is 0.0955. The van der Waals surface area contributed by atoms with Crippen molar-refractivity contribution in [1.82, 2.24) is 10.3 Å². The van der Waals surface area contributed by atoms with Crippen LogP contribution in [0.5, 0.6) is 5.75 Å². The maximum atomic E-state index is 12.2. The number of nitrogens with one attached hydrogen (secondary N) is 1. The van der Waals surface area contributed by atoms with Crippen molar-refractivity contribution >= 4 is 44.4 Å². The third-order valence-corrected chi connectivity index (χ3v) is 4.86. The molecular weight excluding hydrogens is 306 g/mol. The summed E-state index contributed by atoms with van der Waals surface area (Å²) in [6.45, 7) is 0.402. The van der Waals surface area contributed by atoms with Crippen molar-refractivity contribution in [3.63, 3.8) is 0 Å². The average molecular weight is 319 g/mol. The summed E-state index contributed by atoms with van der Waals surface area (Å²) in [4.78, 5) is 16.9. The Morgan fingerprint density at radius 1 is 1.48 bits per heavy atom. The number of benzene rings is 1. The number of methoxy groups -OCH3 is 1. The van der Waals surface area contributed by atoms with E-state index in [4.69, 9.17) is 10.5 Å². The first-order valence-corrected chi connectivity index (χ1v) is 7.96. The molecular formula is C14H13N3O2S2. The zero-order valence-electron chi connectivity index (χ0n) is 11.3. The minimum atomic E-state index is -0.180. The summed E-state index contributed by atoms with van der Waals surface area (Å²) in [6, 6.07) is 5.59. The molecule has 3 rings (SSSR count). The number of aromatic nitrogens is 1. The fourth-order valence-corrected chi connectivity index (χ4v) is 3.59.